The molecule has 0 N–H and O–H groups in total. The van der Waals surface area contributed by atoms with Gasteiger partial charge in [-0.1, -0.05) is 17.3 Å². The highest BCUT2D eigenvalue weighted by molar-refractivity contribution is 5.82. The van der Waals surface area contributed by atoms with E-state index < -0.39 is 0 Å². The molecular weight excluding hydrogens is 358 g/mol. The quantitative estimate of drug-likeness (QED) is 0.535. The lowest BCUT2D eigenvalue weighted by Crippen LogP contribution is -2.21. The van der Waals surface area contributed by atoms with E-state index >= 15 is 0 Å². The Hall–Kier alpha value is -3.61. The minimum absolute atomic E-state index is 0.190. The molecular formula is C21H19N3O4. The fraction of sp³-hybridized carbons (Fsp3) is 0.190. The zero-order chi connectivity index (χ0) is 19.8. The highest BCUT2D eigenvalue weighted by Gasteiger charge is 2.21. The topological polar surface area (TPSA) is 83.3 Å². The van der Waals surface area contributed by atoms with Crippen LogP contribution in [0.4, 0.5) is 0 Å². The maximum atomic E-state index is 13.0. The first-order chi connectivity index (χ1) is 13.5. The van der Waals surface area contributed by atoms with Gasteiger partial charge < -0.3 is 18.2 Å². The van der Waals surface area contributed by atoms with Crippen LogP contribution in [0, 0.1) is 13.8 Å². The van der Waals surface area contributed by atoms with Gasteiger partial charge in [0.15, 0.2) is 11.6 Å². The molecule has 0 atom stereocenters. The predicted octanol–water partition coefficient (Wildman–Crippen LogP) is 3.99. The highest BCUT2D eigenvalue weighted by atomic mass is 16.5. The molecule has 0 bridgehead atoms. The van der Waals surface area contributed by atoms with Crippen molar-refractivity contribution in [2.45, 2.75) is 13.8 Å². The fourth-order valence-electron chi connectivity index (χ4n) is 3.15. The molecule has 7 heteroatoms. The van der Waals surface area contributed by atoms with Gasteiger partial charge in [0.1, 0.15) is 17.1 Å². The molecule has 0 radical (unpaired) electrons. The minimum atomic E-state index is -0.245. The number of benzene rings is 1. The van der Waals surface area contributed by atoms with Crippen LogP contribution in [0.25, 0.3) is 34.0 Å². The van der Waals surface area contributed by atoms with Crippen molar-refractivity contribution in [1.82, 2.24) is 14.7 Å². The predicted molar refractivity (Wildman–Crippen MR) is 104 cm³/mol. The van der Waals surface area contributed by atoms with Crippen molar-refractivity contribution in [2.75, 3.05) is 7.11 Å². The number of aromatic nitrogens is 3. The highest BCUT2D eigenvalue weighted by Crippen LogP contribution is 2.35. The summed E-state index contributed by atoms with van der Waals surface area (Å²) in [6.07, 6.45) is 0. The van der Waals surface area contributed by atoms with E-state index in [-0.39, 0.29) is 11.4 Å². The van der Waals surface area contributed by atoms with E-state index in [1.54, 1.807) is 31.7 Å². The van der Waals surface area contributed by atoms with Gasteiger partial charge in [0.25, 0.3) is 11.4 Å². The Morgan fingerprint density at radius 2 is 1.79 bits per heavy atom. The molecule has 0 aliphatic heterocycles. The smallest absolute Gasteiger partial charge is 0.263 e. The Bertz CT molecular complexity index is 1200. The second-order valence-corrected chi connectivity index (χ2v) is 6.47. The molecule has 7 nitrogen and oxygen atoms in total. The number of hydrogen-bond donors (Lipinski definition) is 0. The first-order valence-corrected chi connectivity index (χ1v) is 8.74. The summed E-state index contributed by atoms with van der Waals surface area (Å²) in [5.41, 5.74) is 2.47. The molecule has 0 unspecified atom stereocenters. The third-order valence-electron chi connectivity index (χ3n) is 4.55. The van der Waals surface area contributed by atoms with Gasteiger partial charge in [-0.25, -0.2) is 0 Å². The molecule has 0 aliphatic carbocycles. The number of aryl methyl sites for hydroxylation is 2. The average Bonchev–Trinajstić information content (AvgIpc) is 3.32. The molecule has 3 heterocycles. The molecule has 0 saturated heterocycles. The fourth-order valence-corrected chi connectivity index (χ4v) is 3.15. The van der Waals surface area contributed by atoms with Crippen LogP contribution in [-0.4, -0.2) is 21.8 Å². The average molecular weight is 377 g/mol. The standard InChI is InChI=1S/C21H19N3O4/c1-12-5-10-18(27-12)19-16(14-6-8-15(26-4)9-7-14)11-17(21(25)24(19)3)20-22-13(2)23-28-20/h5-11H,1-4H3. The lowest BCUT2D eigenvalue weighted by molar-refractivity contribution is 0.415. The maximum absolute atomic E-state index is 13.0. The molecule has 0 spiro atoms. The molecule has 0 amide bonds. The van der Waals surface area contributed by atoms with E-state index in [4.69, 9.17) is 13.7 Å². The summed E-state index contributed by atoms with van der Waals surface area (Å²) in [4.78, 5) is 17.3. The number of ether oxygens (including phenoxy) is 1. The molecule has 1 aromatic carbocycles. The third kappa shape index (κ3) is 3.00. The molecule has 0 saturated carbocycles. The summed E-state index contributed by atoms with van der Waals surface area (Å²) in [6.45, 7) is 3.58. The van der Waals surface area contributed by atoms with Crippen LogP contribution in [0.15, 0.2) is 56.2 Å². The molecule has 4 rings (SSSR count). The van der Waals surface area contributed by atoms with Crippen molar-refractivity contribution in [2.24, 2.45) is 7.05 Å². The Kier molecular flexibility index (Phi) is 4.35. The Balaban J connectivity index is 2.01. The van der Waals surface area contributed by atoms with Crippen molar-refractivity contribution in [1.29, 1.82) is 0 Å². The number of pyridine rings is 1. The van der Waals surface area contributed by atoms with Gasteiger partial charge >= 0.3 is 0 Å². The van der Waals surface area contributed by atoms with Gasteiger partial charge in [-0.05, 0) is 49.7 Å². The molecule has 4 aromatic rings. The summed E-state index contributed by atoms with van der Waals surface area (Å²) in [5.74, 6) is 2.77. The van der Waals surface area contributed by atoms with Gasteiger partial charge in [-0.15, -0.1) is 0 Å². The second-order valence-electron chi connectivity index (χ2n) is 6.47. The maximum Gasteiger partial charge on any atom is 0.263 e. The SMILES string of the molecule is COc1ccc(-c2cc(-c3nc(C)no3)c(=O)n(C)c2-c2ccc(C)o2)cc1. The van der Waals surface area contributed by atoms with Gasteiger partial charge in [0, 0.05) is 12.6 Å². The number of rotatable bonds is 4. The van der Waals surface area contributed by atoms with Crippen LogP contribution in [0.1, 0.15) is 11.6 Å². The molecule has 142 valence electrons. The zero-order valence-corrected chi connectivity index (χ0v) is 16.0. The van der Waals surface area contributed by atoms with Crippen LogP contribution < -0.4 is 10.3 Å². The summed E-state index contributed by atoms with van der Waals surface area (Å²) in [6, 6.07) is 13.1. The largest absolute Gasteiger partial charge is 0.497 e. The summed E-state index contributed by atoms with van der Waals surface area (Å²) in [7, 11) is 3.32. The normalized spacial score (nSPS) is 11.0. The van der Waals surface area contributed by atoms with Crippen molar-refractivity contribution >= 4 is 0 Å². The monoisotopic (exact) mass is 377 g/mol. The molecule has 0 fully saturated rings. The first-order valence-electron chi connectivity index (χ1n) is 8.74. The van der Waals surface area contributed by atoms with E-state index in [9.17, 15) is 4.79 Å². The van der Waals surface area contributed by atoms with E-state index in [0.29, 0.717) is 22.8 Å². The van der Waals surface area contributed by atoms with Crippen molar-refractivity contribution in [3.63, 3.8) is 0 Å². The van der Waals surface area contributed by atoms with E-state index in [1.165, 1.54) is 0 Å². The number of hydrogen-bond acceptors (Lipinski definition) is 6. The van der Waals surface area contributed by atoms with E-state index in [2.05, 4.69) is 10.1 Å². The van der Waals surface area contributed by atoms with Crippen LogP contribution in [0.2, 0.25) is 0 Å². The summed E-state index contributed by atoms with van der Waals surface area (Å²) < 4.78 is 17.9. The van der Waals surface area contributed by atoms with E-state index in [1.807, 2.05) is 43.3 Å². The molecule has 3 aromatic heterocycles. The lowest BCUT2D eigenvalue weighted by Gasteiger charge is -2.14. The molecule has 28 heavy (non-hydrogen) atoms. The lowest BCUT2D eigenvalue weighted by atomic mass is 10.00. The van der Waals surface area contributed by atoms with E-state index in [0.717, 1.165) is 22.6 Å². The second kappa shape index (κ2) is 6.84. The van der Waals surface area contributed by atoms with Gasteiger partial charge in [0.2, 0.25) is 0 Å². The van der Waals surface area contributed by atoms with Crippen LogP contribution in [0.3, 0.4) is 0 Å². The third-order valence-corrected chi connectivity index (χ3v) is 4.55. The van der Waals surface area contributed by atoms with Gasteiger partial charge in [-0.2, -0.15) is 4.98 Å². The number of nitrogens with zero attached hydrogens (tertiary/aromatic N) is 3. The van der Waals surface area contributed by atoms with Gasteiger partial charge in [-0.3, -0.25) is 4.79 Å². The van der Waals surface area contributed by atoms with Crippen LogP contribution >= 0.6 is 0 Å². The van der Waals surface area contributed by atoms with Crippen molar-refractivity contribution < 1.29 is 13.7 Å². The summed E-state index contributed by atoms with van der Waals surface area (Å²) in [5, 5.41) is 3.80. The summed E-state index contributed by atoms with van der Waals surface area (Å²) >= 11 is 0. The number of methoxy groups -OCH3 is 1. The molecule has 0 aliphatic rings. The Morgan fingerprint density at radius 1 is 1.04 bits per heavy atom. The van der Waals surface area contributed by atoms with Crippen molar-refractivity contribution in [3.8, 4) is 39.8 Å². The Morgan fingerprint density at radius 3 is 2.36 bits per heavy atom. The van der Waals surface area contributed by atoms with Crippen LogP contribution in [-0.2, 0) is 7.05 Å². The van der Waals surface area contributed by atoms with Crippen LogP contribution in [0.5, 0.6) is 5.75 Å². The van der Waals surface area contributed by atoms with Crippen molar-refractivity contribution in [3.05, 3.63) is 64.4 Å². The minimum Gasteiger partial charge on any atom is -0.497 e. The number of furan rings is 1. The Labute approximate surface area is 161 Å². The first kappa shape index (κ1) is 17.8. The zero-order valence-electron chi connectivity index (χ0n) is 16.0. The van der Waals surface area contributed by atoms with Gasteiger partial charge in [0.05, 0.1) is 12.8 Å².